The number of piperidine rings is 1. The van der Waals surface area contributed by atoms with Crippen LogP contribution in [0.4, 0.5) is 0 Å². The molecule has 5 nitrogen and oxygen atoms in total. The largest absolute Gasteiger partial charge is 0.493 e. The number of ether oxygens (including phenoxy) is 2. The van der Waals surface area contributed by atoms with Crippen LogP contribution in [0.3, 0.4) is 0 Å². The molecule has 0 atom stereocenters. The third-order valence-corrected chi connectivity index (χ3v) is 6.97. The molecule has 5 heteroatoms. The summed E-state index contributed by atoms with van der Waals surface area (Å²) in [6.07, 6.45) is 3.28. The monoisotopic (exact) mass is 472 g/mol. The van der Waals surface area contributed by atoms with E-state index in [0.717, 1.165) is 56.0 Å². The number of likely N-dealkylation sites (tertiary alicyclic amines) is 1. The molecule has 3 aromatic carbocycles. The van der Waals surface area contributed by atoms with E-state index in [4.69, 9.17) is 9.47 Å². The molecule has 0 aromatic heterocycles. The van der Waals surface area contributed by atoms with Crippen molar-refractivity contribution < 1.29 is 14.3 Å². The second-order valence-electron chi connectivity index (χ2n) is 9.21. The number of carbonyl (C=O) groups is 1. The van der Waals surface area contributed by atoms with E-state index in [1.807, 2.05) is 30.3 Å². The lowest BCUT2D eigenvalue weighted by Gasteiger charge is -2.32. The lowest BCUT2D eigenvalue weighted by molar-refractivity contribution is 0.0951. The molecule has 0 aliphatic carbocycles. The van der Waals surface area contributed by atoms with Gasteiger partial charge in [-0.15, -0.1) is 0 Å². The van der Waals surface area contributed by atoms with Crippen LogP contribution in [0.5, 0.6) is 11.5 Å². The van der Waals surface area contributed by atoms with Gasteiger partial charge >= 0.3 is 0 Å². The molecule has 0 unspecified atom stereocenters. The number of rotatable bonds is 9. The molecule has 1 N–H and O–H groups in total. The van der Waals surface area contributed by atoms with Crippen LogP contribution in [0.2, 0.25) is 0 Å². The third-order valence-electron chi connectivity index (χ3n) is 6.97. The van der Waals surface area contributed by atoms with Crippen molar-refractivity contribution in [2.24, 2.45) is 0 Å². The first-order valence-corrected chi connectivity index (χ1v) is 12.5. The van der Waals surface area contributed by atoms with Crippen LogP contribution in [-0.4, -0.2) is 38.1 Å². The van der Waals surface area contributed by atoms with Crippen molar-refractivity contribution in [3.8, 4) is 11.5 Å². The highest BCUT2D eigenvalue weighted by atomic mass is 16.5. The number of nitrogens with zero attached hydrogens (tertiary/aromatic N) is 1. The van der Waals surface area contributed by atoms with Gasteiger partial charge in [-0.2, -0.15) is 0 Å². The Kier molecular flexibility index (Phi) is 8.43. The van der Waals surface area contributed by atoms with E-state index in [0.29, 0.717) is 18.0 Å². The zero-order chi connectivity index (χ0) is 24.6. The van der Waals surface area contributed by atoms with Gasteiger partial charge in [0.2, 0.25) is 0 Å². The summed E-state index contributed by atoms with van der Waals surface area (Å²) in [5.41, 5.74) is 5.70. The Hall–Kier alpha value is -3.31. The Balaban J connectivity index is 1.25. The van der Waals surface area contributed by atoms with Crippen molar-refractivity contribution in [2.75, 3.05) is 27.3 Å². The molecule has 0 saturated carbocycles. The van der Waals surface area contributed by atoms with Gasteiger partial charge in [-0.1, -0.05) is 49.4 Å². The molecule has 1 aliphatic heterocycles. The van der Waals surface area contributed by atoms with Crippen molar-refractivity contribution in [3.05, 3.63) is 94.5 Å². The zero-order valence-electron chi connectivity index (χ0n) is 21.0. The zero-order valence-corrected chi connectivity index (χ0v) is 21.0. The minimum atomic E-state index is -0.0291. The van der Waals surface area contributed by atoms with Gasteiger partial charge in [-0.25, -0.2) is 0 Å². The Labute approximate surface area is 209 Å². The van der Waals surface area contributed by atoms with E-state index in [1.54, 1.807) is 14.2 Å². The molecule has 0 radical (unpaired) electrons. The first kappa shape index (κ1) is 24.8. The number of aryl methyl sites for hydroxylation is 1. The van der Waals surface area contributed by atoms with Crippen molar-refractivity contribution >= 4 is 5.91 Å². The van der Waals surface area contributed by atoms with Gasteiger partial charge in [0.15, 0.2) is 11.5 Å². The summed E-state index contributed by atoms with van der Waals surface area (Å²) in [7, 11) is 3.34. The fourth-order valence-electron chi connectivity index (χ4n) is 4.75. The van der Waals surface area contributed by atoms with Crippen LogP contribution in [0.15, 0.2) is 66.7 Å². The maximum Gasteiger partial charge on any atom is 0.251 e. The number of hydrogen-bond donors (Lipinski definition) is 1. The average Bonchev–Trinajstić information content (AvgIpc) is 2.92. The van der Waals surface area contributed by atoms with E-state index < -0.39 is 0 Å². The van der Waals surface area contributed by atoms with Gasteiger partial charge in [0.25, 0.3) is 5.91 Å². The molecular weight excluding hydrogens is 436 g/mol. The van der Waals surface area contributed by atoms with Crippen LogP contribution in [0.1, 0.15) is 58.3 Å². The molecule has 1 saturated heterocycles. The van der Waals surface area contributed by atoms with Crippen LogP contribution < -0.4 is 14.8 Å². The van der Waals surface area contributed by atoms with Gasteiger partial charge in [0.05, 0.1) is 14.2 Å². The van der Waals surface area contributed by atoms with E-state index >= 15 is 0 Å². The molecular formula is C30H36N2O3. The average molecular weight is 473 g/mol. The topological polar surface area (TPSA) is 50.8 Å². The predicted molar refractivity (Wildman–Crippen MR) is 140 cm³/mol. The summed E-state index contributed by atoms with van der Waals surface area (Å²) in [6.45, 7) is 5.73. The Morgan fingerprint density at radius 3 is 2.11 bits per heavy atom. The highest BCUT2D eigenvalue weighted by Crippen LogP contribution is 2.31. The van der Waals surface area contributed by atoms with Crippen molar-refractivity contribution in [1.82, 2.24) is 10.2 Å². The van der Waals surface area contributed by atoms with Crippen molar-refractivity contribution in [3.63, 3.8) is 0 Å². The molecule has 1 heterocycles. The normalized spacial score (nSPS) is 14.5. The summed E-state index contributed by atoms with van der Waals surface area (Å²) < 4.78 is 10.8. The number of nitrogens with one attached hydrogen (secondary N) is 1. The molecule has 184 valence electrons. The molecule has 0 bridgehead atoms. The smallest absolute Gasteiger partial charge is 0.251 e. The maximum absolute atomic E-state index is 12.4. The Bertz CT molecular complexity index is 1100. The van der Waals surface area contributed by atoms with Gasteiger partial charge < -0.3 is 14.8 Å². The number of carbonyl (C=O) groups excluding carboxylic acids is 1. The Morgan fingerprint density at radius 2 is 1.49 bits per heavy atom. The summed E-state index contributed by atoms with van der Waals surface area (Å²) in [4.78, 5) is 14.9. The van der Waals surface area contributed by atoms with Gasteiger partial charge in [0.1, 0.15) is 0 Å². The molecule has 0 spiro atoms. The first-order chi connectivity index (χ1) is 17.1. The van der Waals surface area contributed by atoms with E-state index in [2.05, 4.69) is 53.5 Å². The Morgan fingerprint density at radius 1 is 0.857 bits per heavy atom. The molecule has 3 aromatic rings. The van der Waals surface area contributed by atoms with Crippen LogP contribution in [-0.2, 0) is 19.5 Å². The summed E-state index contributed by atoms with van der Waals surface area (Å²) in [5, 5.41) is 3.03. The van der Waals surface area contributed by atoms with E-state index in [1.165, 1.54) is 16.7 Å². The summed E-state index contributed by atoms with van der Waals surface area (Å²) in [5.74, 6) is 2.10. The highest BCUT2D eigenvalue weighted by Gasteiger charge is 2.21. The first-order valence-electron chi connectivity index (χ1n) is 12.5. The van der Waals surface area contributed by atoms with Crippen LogP contribution in [0, 0.1) is 0 Å². The van der Waals surface area contributed by atoms with Gasteiger partial charge in [0, 0.05) is 18.7 Å². The quantitative estimate of drug-likeness (QED) is 0.442. The molecule has 1 aliphatic rings. The highest BCUT2D eigenvalue weighted by molar-refractivity contribution is 5.94. The summed E-state index contributed by atoms with van der Waals surface area (Å²) >= 11 is 0. The standard InChI is InChI=1S/C30H36N2O3/c1-4-22-5-12-27(13-6-22)30(33)31-20-23-7-10-25(11-8-23)26-15-17-32(18-16-26)21-24-9-14-28(34-2)29(19-24)35-3/h5-14,19,26H,4,15-18,20-21H2,1-3H3,(H,31,33). The van der Waals surface area contributed by atoms with Crippen LogP contribution >= 0.6 is 0 Å². The van der Waals surface area contributed by atoms with Crippen LogP contribution in [0.25, 0.3) is 0 Å². The minimum Gasteiger partial charge on any atom is -0.493 e. The number of methoxy groups -OCH3 is 2. The minimum absolute atomic E-state index is 0.0291. The van der Waals surface area contributed by atoms with Crippen molar-refractivity contribution in [1.29, 1.82) is 0 Å². The lowest BCUT2D eigenvalue weighted by atomic mass is 9.89. The van der Waals surface area contributed by atoms with Gasteiger partial charge in [-0.05, 0) is 84.8 Å². The summed E-state index contributed by atoms with van der Waals surface area (Å²) in [6, 6.07) is 22.7. The van der Waals surface area contributed by atoms with Gasteiger partial charge in [-0.3, -0.25) is 9.69 Å². The predicted octanol–water partition coefficient (Wildman–Crippen LogP) is 5.58. The second kappa shape index (κ2) is 11.9. The maximum atomic E-state index is 12.4. The molecule has 4 rings (SSSR count). The molecule has 35 heavy (non-hydrogen) atoms. The fraction of sp³-hybridized carbons (Fsp3) is 0.367. The SMILES string of the molecule is CCc1ccc(C(=O)NCc2ccc(C3CCN(Cc4ccc(OC)c(OC)c4)CC3)cc2)cc1. The molecule has 1 fully saturated rings. The van der Waals surface area contributed by atoms with E-state index in [-0.39, 0.29) is 5.91 Å². The van der Waals surface area contributed by atoms with Crippen molar-refractivity contribution in [2.45, 2.75) is 45.2 Å². The molecule has 1 amide bonds. The second-order valence-corrected chi connectivity index (χ2v) is 9.21. The van der Waals surface area contributed by atoms with E-state index in [9.17, 15) is 4.79 Å². The number of hydrogen-bond acceptors (Lipinski definition) is 4. The fourth-order valence-corrected chi connectivity index (χ4v) is 4.75. The lowest BCUT2D eigenvalue weighted by Crippen LogP contribution is -2.32. The third kappa shape index (κ3) is 6.43. The number of benzene rings is 3. The number of amides is 1.